The third kappa shape index (κ3) is 1.92. The minimum atomic E-state index is 1.02. The van der Waals surface area contributed by atoms with E-state index in [0.717, 1.165) is 5.69 Å². The second-order valence-corrected chi connectivity index (χ2v) is 5.37. The Balaban J connectivity index is 2.14. The lowest BCUT2D eigenvalue weighted by Gasteiger charge is -2.05. The van der Waals surface area contributed by atoms with Gasteiger partial charge in [-0.05, 0) is 36.8 Å². The number of benzene rings is 1. The van der Waals surface area contributed by atoms with E-state index in [1.165, 1.54) is 27.9 Å². The molecule has 0 aliphatic heterocycles. The lowest BCUT2D eigenvalue weighted by atomic mass is 9.99. The van der Waals surface area contributed by atoms with E-state index in [2.05, 4.69) is 77.1 Å². The molecule has 0 amide bonds. The van der Waals surface area contributed by atoms with Crippen LogP contribution in [0.15, 0.2) is 79.1 Å². The number of aromatic nitrogens is 2. The zero-order valence-corrected chi connectivity index (χ0v) is 12.4. The van der Waals surface area contributed by atoms with Crippen molar-refractivity contribution in [2.24, 2.45) is 0 Å². The molecule has 4 aromatic rings. The van der Waals surface area contributed by atoms with Crippen LogP contribution in [0.25, 0.3) is 27.9 Å². The monoisotopic (exact) mass is 284 g/mol. The molecule has 0 bridgehead atoms. The number of nitrogens with zero attached hydrogens (tertiary/aromatic N) is 2. The second kappa shape index (κ2) is 5.15. The predicted octanol–water partition coefficient (Wildman–Crippen LogP) is 4.98. The van der Waals surface area contributed by atoms with Crippen molar-refractivity contribution >= 4 is 5.52 Å². The lowest BCUT2D eigenvalue weighted by Crippen LogP contribution is -1.87. The van der Waals surface area contributed by atoms with Crippen LogP contribution in [0.4, 0.5) is 0 Å². The van der Waals surface area contributed by atoms with Crippen LogP contribution in [0.2, 0.25) is 0 Å². The molecule has 0 unspecified atom stereocenters. The van der Waals surface area contributed by atoms with Crippen LogP contribution < -0.4 is 0 Å². The third-order valence-electron chi connectivity index (χ3n) is 4.07. The van der Waals surface area contributed by atoms with Gasteiger partial charge in [-0.2, -0.15) is 0 Å². The van der Waals surface area contributed by atoms with Crippen molar-refractivity contribution in [2.45, 2.75) is 6.92 Å². The van der Waals surface area contributed by atoms with Crippen molar-refractivity contribution in [3.8, 4) is 22.4 Å². The van der Waals surface area contributed by atoms with Crippen molar-refractivity contribution in [1.82, 2.24) is 9.38 Å². The van der Waals surface area contributed by atoms with E-state index in [9.17, 15) is 0 Å². The third-order valence-corrected chi connectivity index (χ3v) is 4.07. The molecule has 2 nitrogen and oxygen atoms in total. The van der Waals surface area contributed by atoms with Gasteiger partial charge in [0.25, 0.3) is 0 Å². The Morgan fingerprint density at radius 3 is 2.32 bits per heavy atom. The molecule has 0 fully saturated rings. The number of hydrogen-bond donors (Lipinski definition) is 0. The van der Waals surface area contributed by atoms with Gasteiger partial charge >= 0.3 is 0 Å². The summed E-state index contributed by atoms with van der Waals surface area (Å²) < 4.78 is 2.24. The smallest absolute Gasteiger partial charge is 0.0726 e. The summed E-state index contributed by atoms with van der Waals surface area (Å²) in [5.74, 6) is 0. The highest BCUT2D eigenvalue weighted by atomic mass is 14.9. The van der Waals surface area contributed by atoms with E-state index in [-0.39, 0.29) is 0 Å². The topological polar surface area (TPSA) is 17.3 Å². The average Bonchev–Trinajstić information content (AvgIpc) is 2.90. The summed E-state index contributed by atoms with van der Waals surface area (Å²) in [5.41, 5.74) is 7.12. The Labute approximate surface area is 129 Å². The molecule has 0 atom stereocenters. The van der Waals surface area contributed by atoms with Gasteiger partial charge in [0.1, 0.15) is 0 Å². The molecule has 0 radical (unpaired) electrons. The molecule has 1 aromatic carbocycles. The van der Waals surface area contributed by atoms with Gasteiger partial charge in [0.05, 0.1) is 11.2 Å². The molecule has 0 saturated carbocycles. The van der Waals surface area contributed by atoms with Gasteiger partial charge in [0.15, 0.2) is 0 Å². The van der Waals surface area contributed by atoms with Gasteiger partial charge in [0.2, 0.25) is 0 Å². The zero-order valence-electron chi connectivity index (χ0n) is 12.4. The Bertz CT molecular complexity index is 922. The van der Waals surface area contributed by atoms with Crippen LogP contribution in [0.1, 0.15) is 5.69 Å². The van der Waals surface area contributed by atoms with Crippen molar-refractivity contribution in [1.29, 1.82) is 0 Å². The summed E-state index contributed by atoms with van der Waals surface area (Å²) >= 11 is 0. The zero-order chi connectivity index (χ0) is 14.9. The number of hydrogen-bond acceptors (Lipinski definition) is 1. The van der Waals surface area contributed by atoms with Crippen molar-refractivity contribution in [2.75, 3.05) is 0 Å². The van der Waals surface area contributed by atoms with E-state index >= 15 is 0 Å². The SMILES string of the molecule is Cc1c(-c2ccccn2)c(-c2ccccc2)c2ccccn12. The maximum Gasteiger partial charge on any atom is 0.0726 e. The molecule has 0 spiro atoms. The van der Waals surface area contributed by atoms with Gasteiger partial charge in [-0.1, -0.05) is 42.5 Å². The highest BCUT2D eigenvalue weighted by molar-refractivity contribution is 5.95. The van der Waals surface area contributed by atoms with Crippen LogP contribution in [-0.2, 0) is 0 Å². The number of rotatable bonds is 2. The summed E-state index contributed by atoms with van der Waals surface area (Å²) in [7, 11) is 0. The Hall–Kier alpha value is -2.87. The van der Waals surface area contributed by atoms with E-state index < -0.39 is 0 Å². The first-order chi connectivity index (χ1) is 10.9. The first-order valence-corrected chi connectivity index (χ1v) is 7.43. The molecule has 3 aromatic heterocycles. The van der Waals surface area contributed by atoms with Crippen LogP contribution >= 0.6 is 0 Å². The summed E-state index contributed by atoms with van der Waals surface area (Å²) in [6.45, 7) is 2.16. The van der Waals surface area contributed by atoms with Crippen LogP contribution in [0, 0.1) is 6.92 Å². The van der Waals surface area contributed by atoms with Crippen LogP contribution in [-0.4, -0.2) is 9.38 Å². The Morgan fingerprint density at radius 1 is 0.773 bits per heavy atom. The average molecular weight is 284 g/mol. The highest BCUT2D eigenvalue weighted by Crippen LogP contribution is 2.38. The molecular formula is C20H16N2. The summed E-state index contributed by atoms with van der Waals surface area (Å²) in [5, 5.41) is 0. The minimum absolute atomic E-state index is 1.02. The van der Waals surface area contributed by atoms with Crippen LogP contribution in [0.3, 0.4) is 0 Å². The molecule has 0 aliphatic rings. The van der Waals surface area contributed by atoms with Gasteiger partial charge < -0.3 is 4.40 Å². The molecule has 2 heteroatoms. The van der Waals surface area contributed by atoms with E-state index in [4.69, 9.17) is 0 Å². The van der Waals surface area contributed by atoms with Gasteiger partial charge in [-0.3, -0.25) is 4.98 Å². The highest BCUT2D eigenvalue weighted by Gasteiger charge is 2.18. The molecule has 0 N–H and O–H groups in total. The molecule has 22 heavy (non-hydrogen) atoms. The van der Waals surface area contributed by atoms with Crippen molar-refractivity contribution in [3.05, 3.63) is 84.8 Å². The molecular weight excluding hydrogens is 268 g/mol. The lowest BCUT2D eigenvalue weighted by molar-refractivity contribution is 1.11. The maximum atomic E-state index is 4.58. The Kier molecular flexibility index (Phi) is 3.01. The van der Waals surface area contributed by atoms with E-state index in [0.29, 0.717) is 0 Å². The van der Waals surface area contributed by atoms with Crippen molar-refractivity contribution in [3.63, 3.8) is 0 Å². The largest absolute Gasteiger partial charge is 0.320 e. The van der Waals surface area contributed by atoms with E-state index in [1.807, 2.05) is 18.3 Å². The quantitative estimate of drug-likeness (QED) is 0.507. The number of fused-ring (bicyclic) bond motifs is 1. The fourth-order valence-corrected chi connectivity index (χ4v) is 3.09. The van der Waals surface area contributed by atoms with Crippen LogP contribution in [0.5, 0.6) is 0 Å². The molecule has 4 rings (SSSR count). The maximum absolute atomic E-state index is 4.58. The normalized spacial score (nSPS) is 11.0. The fraction of sp³-hybridized carbons (Fsp3) is 0.0500. The molecule has 0 saturated heterocycles. The molecule has 106 valence electrons. The number of pyridine rings is 2. The minimum Gasteiger partial charge on any atom is -0.320 e. The fourth-order valence-electron chi connectivity index (χ4n) is 3.09. The molecule has 0 aliphatic carbocycles. The Morgan fingerprint density at radius 2 is 1.55 bits per heavy atom. The summed E-state index contributed by atoms with van der Waals surface area (Å²) in [6.07, 6.45) is 3.97. The van der Waals surface area contributed by atoms with Gasteiger partial charge in [-0.15, -0.1) is 0 Å². The molecule has 3 heterocycles. The van der Waals surface area contributed by atoms with Crippen molar-refractivity contribution < 1.29 is 0 Å². The van der Waals surface area contributed by atoms with E-state index in [1.54, 1.807) is 0 Å². The van der Waals surface area contributed by atoms with Gasteiger partial charge in [-0.25, -0.2) is 0 Å². The first kappa shape index (κ1) is 12.8. The summed E-state index contributed by atoms with van der Waals surface area (Å²) in [4.78, 5) is 4.58. The standard InChI is InChI=1S/C20H16N2/c1-15-19(17-11-5-7-13-21-17)20(16-9-3-2-4-10-16)18-12-6-8-14-22(15)18/h2-14H,1H3. The first-order valence-electron chi connectivity index (χ1n) is 7.43. The second-order valence-electron chi connectivity index (χ2n) is 5.37. The predicted molar refractivity (Wildman–Crippen MR) is 90.8 cm³/mol. The number of aryl methyl sites for hydroxylation is 1. The summed E-state index contributed by atoms with van der Waals surface area (Å²) in [6, 6.07) is 22.9. The van der Waals surface area contributed by atoms with Gasteiger partial charge in [0, 0.05) is 29.2 Å².